The Morgan fingerprint density at radius 1 is 0.875 bits per heavy atom. The molecule has 6 nitrogen and oxygen atoms in total. The molecule has 0 fully saturated rings. The van der Waals surface area contributed by atoms with E-state index < -0.39 is 12.1 Å². The highest BCUT2D eigenvalue weighted by Gasteiger charge is 2.18. The maximum absolute atomic E-state index is 12.8. The second kappa shape index (κ2) is 12.0. The van der Waals surface area contributed by atoms with Gasteiger partial charge in [0.05, 0.1) is 18.0 Å². The molecule has 3 aromatic rings. The van der Waals surface area contributed by atoms with Gasteiger partial charge in [0.25, 0.3) is 0 Å². The molecule has 3 aromatic carbocycles. The zero-order valence-electron chi connectivity index (χ0n) is 17.6. The number of unbranched alkanes of at least 4 members (excludes halogenated alkanes) is 1. The highest BCUT2D eigenvalue weighted by atomic mass is 16.6. The van der Waals surface area contributed by atoms with Crippen LogP contribution in [-0.4, -0.2) is 30.4 Å². The Morgan fingerprint density at radius 2 is 1.53 bits per heavy atom. The summed E-state index contributed by atoms with van der Waals surface area (Å²) < 4.78 is 10.7. The van der Waals surface area contributed by atoms with E-state index in [1.165, 1.54) is 0 Å². The molecule has 1 amide bonds. The van der Waals surface area contributed by atoms with E-state index in [0.29, 0.717) is 18.8 Å². The number of aliphatic carboxylic acids is 1. The minimum atomic E-state index is -1.02. The zero-order valence-corrected chi connectivity index (χ0v) is 17.6. The number of carboxylic acid groups (broad SMARTS) is 1. The number of allylic oxidation sites excluding steroid dienone is 1. The number of rotatable bonds is 10. The number of carbonyl (C=O) groups excluding carboxylic acids is 1. The van der Waals surface area contributed by atoms with E-state index in [0.717, 1.165) is 23.4 Å². The van der Waals surface area contributed by atoms with Crippen molar-refractivity contribution in [3.05, 3.63) is 96.6 Å². The van der Waals surface area contributed by atoms with Gasteiger partial charge in [0.1, 0.15) is 5.75 Å². The number of ether oxygens (including phenoxy) is 2. The first-order valence-corrected chi connectivity index (χ1v) is 10.3. The lowest BCUT2D eigenvalue weighted by atomic mass is 10.2. The van der Waals surface area contributed by atoms with E-state index >= 15 is 0 Å². The van der Waals surface area contributed by atoms with Crippen LogP contribution >= 0.6 is 0 Å². The normalized spacial score (nSPS) is 10.6. The smallest absolute Gasteiger partial charge is 0.418 e. The van der Waals surface area contributed by atoms with Crippen molar-refractivity contribution >= 4 is 29.5 Å². The van der Waals surface area contributed by atoms with Crippen molar-refractivity contribution in [3.63, 3.8) is 0 Å². The van der Waals surface area contributed by atoms with E-state index in [9.17, 15) is 9.59 Å². The number of nitrogens with zero attached hydrogens (tertiary/aromatic N) is 1. The van der Waals surface area contributed by atoms with E-state index in [4.69, 9.17) is 14.6 Å². The summed E-state index contributed by atoms with van der Waals surface area (Å²) in [6, 6.07) is 26.0. The van der Waals surface area contributed by atoms with Crippen LogP contribution in [0.4, 0.5) is 16.2 Å². The monoisotopic (exact) mass is 431 g/mol. The van der Waals surface area contributed by atoms with Gasteiger partial charge in [-0.3, -0.25) is 0 Å². The molecule has 1 N–H and O–H groups in total. The molecule has 0 aromatic heterocycles. The van der Waals surface area contributed by atoms with Crippen molar-refractivity contribution in [1.29, 1.82) is 0 Å². The summed E-state index contributed by atoms with van der Waals surface area (Å²) in [7, 11) is 0. The summed E-state index contributed by atoms with van der Waals surface area (Å²) in [5, 5.41) is 8.69. The molecule has 0 unspecified atom stereocenters. The fourth-order valence-corrected chi connectivity index (χ4v) is 3.01. The van der Waals surface area contributed by atoms with Gasteiger partial charge < -0.3 is 14.6 Å². The first-order valence-electron chi connectivity index (χ1n) is 10.3. The molecular weight excluding hydrogens is 406 g/mol. The molecule has 0 radical (unpaired) electrons. The van der Waals surface area contributed by atoms with Gasteiger partial charge in [-0.25, -0.2) is 14.5 Å². The fourth-order valence-electron chi connectivity index (χ4n) is 3.01. The molecule has 164 valence electrons. The van der Waals surface area contributed by atoms with Gasteiger partial charge in [-0.2, -0.15) is 0 Å². The summed E-state index contributed by atoms with van der Waals surface area (Å²) in [6.45, 7) is -0.0807. The summed E-state index contributed by atoms with van der Waals surface area (Å²) >= 11 is 0. The molecule has 0 aliphatic carbocycles. The van der Waals surface area contributed by atoms with Crippen LogP contribution in [-0.2, 0) is 9.53 Å². The van der Waals surface area contributed by atoms with Crippen molar-refractivity contribution < 1.29 is 24.2 Å². The molecule has 32 heavy (non-hydrogen) atoms. The SMILES string of the molecule is O=C(O)COc1cccc(/C=C/CCCOC(=O)N(c2ccccc2)c2ccccc2)c1. The summed E-state index contributed by atoms with van der Waals surface area (Å²) in [4.78, 5) is 24.9. The van der Waals surface area contributed by atoms with Crippen LogP contribution in [0.25, 0.3) is 6.08 Å². The number of carboxylic acids is 1. The predicted octanol–water partition coefficient (Wildman–Crippen LogP) is 5.92. The molecule has 0 spiro atoms. The minimum Gasteiger partial charge on any atom is -0.482 e. The van der Waals surface area contributed by atoms with Crippen molar-refractivity contribution in [3.8, 4) is 5.75 Å². The topological polar surface area (TPSA) is 76.1 Å². The van der Waals surface area contributed by atoms with E-state index in [1.807, 2.05) is 78.9 Å². The van der Waals surface area contributed by atoms with Gasteiger partial charge in [0.2, 0.25) is 0 Å². The van der Waals surface area contributed by atoms with Gasteiger partial charge in [-0.05, 0) is 54.8 Å². The lowest BCUT2D eigenvalue weighted by Crippen LogP contribution is -2.27. The predicted molar refractivity (Wildman–Crippen MR) is 124 cm³/mol. The van der Waals surface area contributed by atoms with Crippen molar-refractivity contribution in [2.24, 2.45) is 0 Å². The van der Waals surface area contributed by atoms with Crippen LogP contribution in [0, 0.1) is 0 Å². The van der Waals surface area contributed by atoms with Crippen LogP contribution < -0.4 is 9.64 Å². The summed E-state index contributed by atoms with van der Waals surface area (Å²) in [5.74, 6) is -0.510. The molecule has 3 rings (SSSR count). The third-order valence-corrected chi connectivity index (χ3v) is 4.48. The maximum atomic E-state index is 12.8. The minimum absolute atomic E-state index is 0.293. The number of amides is 1. The maximum Gasteiger partial charge on any atom is 0.418 e. The van der Waals surface area contributed by atoms with Crippen LogP contribution in [0.5, 0.6) is 5.75 Å². The first kappa shape index (κ1) is 22.6. The average Bonchev–Trinajstić information content (AvgIpc) is 2.82. The molecular formula is C26H25NO5. The molecule has 0 saturated heterocycles. The molecule has 6 heteroatoms. The Kier molecular flexibility index (Phi) is 8.45. The number of benzene rings is 3. The first-order chi connectivity index (χ1) is 15.6. The van der Waals surface area contributed by atoms with Gasteiger partial charge in [0.15, 0.2) is 6.61 Å². The Bertz CT molecular complexity index is 995. The number of para-hydroxylation sites is 2. The fraction of sp³-hybridized carbons (Fsp3) is 0.154. The molecule has 0 atom stereocenters. The van der Waals surface area contributed by atoms with E-state index in [-0.39, 0.29) is 6.61 Å². The Morgan fingerprint density at radius 3 is 2.16 bits per heavy atom. The zero-order chi connectivity index (χ0) is 22.6. The second-order valence-corrected chi connectivity index (χ2v) is 6.92. The average molecular weight is 431 g/mol. The quantitative estimate of drug-likeness (QED) is 0.403. The largest absolute Gasteiger partial charge is 0.482 e. The van der Waals surface area contributed by atoms with Gasteiger partial charge >= 0.3 is 12.1 Å². The molecule has 0 aliphatic rings. The highest BCUT2D eigenvalue weighted by molar-refractivity contribution is 5.95. The summed E-state index contributed by atoms with van der Waals surface area (Å²) in [6.07, 6.45) is 4.89. The highest BCUT2D eigenvalue weighted by Crippen LogP contribution is 2.25. The van der Waals surface area contributed by atoms with Crippen molar-refractivity contribution in [2.45, 2.75) is 12.8 Å². The van der Waals surface area contributed by atoms with Gasteiger partial charge in [-0.1, -0.05) is 60.7 Å². The van der Waals surface area contributed by atoms with Crippen molar-refractivity contribution in [2.75, 3.05) is 18.1 Å². The summed E-state index contributed by atoms with van der Waals surface area (Å²) in [5.41, 5.74) is 2.39. The van der Waals surface area contributed by atoms with Gasteiger partial charge in [0, 0.05) is 0 Å². The molecule has 0 bridgehead atoms. The van der Waals surface area contributed by atoms with Crippen LogP contribution in [0.2, 0.25) is 0 Å². The van der Waals surface area contributed by atoms with E-state index in [1.54, 1.807) is 23.1 Å². The number of anilines is 2. The van der Waals surface area contributed by atoms with Crippen LogP contribution in [0.3, 0.4) is 0 Å². The van der Waals surface area contributed by atoms with E-state index in [2.05, 4.69) is 0 Å². The Hall–Kier alpha value is -4.06. The lowest BCUT2D eigenvalue weighted by molar-refractivity contribution is -0.139. The third kappa shape index (κ3) is 7.02. The Labute approximate surface area is 187 Å². The number of hydrogen-bond acceptors (Lipinski definition) is 4. The lowest BCUT2D eigenvalue weighted by Gasteiger charge is -2.22. The number of hydrogen-bond donors (Lipinski definition) is 1. The van der Waals surface area contributed by atoms with Crippen LogP contribution in [0.1, 0.15) is 18.4 Å². The van der Waals surface area contributed by atoms with Crippen LogP contribution in [0.15, 0.2) is 91.0 Å². The Balaban J connectivity index is 1.50. The van der Waals surface area contributed by atoms with Crippen molar-refractivity contribution in [1.82, 2.24) is 0 Å². The molecule has 0 heterocycles. The molecule has 0 saturated carbocycles. The third-order valence-electron chi connectivity index (χ3n) is 4.48. The standard InChI is InChI=1S/C26H25NO5/c28-25(29)20-32-24-17-10-12-21(19-24)11-4-3-9-18-31-26(30)27(22-13-5-1-6-14-22)23-15-7-2-8-16-23/h1-2,4-8,10-17,19H,3,9,18,20H2,(H,28,29)/b11-4+. The molecule has 0 aliphatic heterocycles. The van der Waals surface area contributed by atoms with Gasteiger partial charge in [-0.15, -0.1) is 0 Å². The number of carbonyl (C=O) groups is 2. The second-order valence-electron chi connectivity index (χ2n) is 6.92.